The van der Waals surface area contributed by atoms with Gasteiger partial charge in [-0.1, -0.05) is 0 Å². The molecular weight excluding hydrogens is 121 g/mol. The summed E-state index contributed by atoms with van der Waals surface area (Å²) in [5.41, 5.74) is 0. The maximum absolute atomic E-state index is 12.5. The van der Waals surface area contributed by atoms with Crippen molar-refractivity contribution in [3.05, 3.63) is 0 Å². The van der Waals surface area contributed by atoms with Gasteiger partial charge in [-0.3, -0.25) is 0 Å². The van der Waals surface area contributed by atoms with Crippen LogP contribution in [0.15, 0.2) is 0 Å². The van der Waals surface area contributed by atoms with Gasteiger partial charge in [0.05, 0.1) is 6.10 Å². The number of halogens is 1. The first-order valence-corrected chi connectivity index (χ1v) is 3.21. The van der Waals surface area contributed by atoms with E-state index in [1.54, 1.807) is 0 Å². The third kappa shape index (κ3) is 1.63. The van der Waals surface area contributed by atoms with Crippen molar-refractivity contribution >= 4 is 0 Å². The largest absolute Gasteiger partial charge is 0.390 e. The zero-order valence-electron chi connectivity index (χ0n) is 5.55. The molecule has 0 aromatic heterocycles. The lowest BCUT2D eigenvalue weighted by atomic mass is 10.1. The molecule has 1 rings (SSSR count). The summed E-state index contributed by atoms with van der Waals surface area (Å²) in [6.45, 7) is 1.18. The minimum absolute atomic E-state index is 0.376. The van der Waals surface area contributed by atoms with E-state index in [-0.39, 0.29) is 0 Å². The van der Waals surface area contributed by atoms with Gasteiger partial charge in [-0.15, -0.1) is 0 Å². The lowest BCUT2D eigenvalue weighted by Gasteiger charge is -2.28. The summed E-state index contributed by atoms with van der Waals surface area (Å²) in [4.78, 5) is 1.89. The molecule has 0 radical (unpaired) electrons. The molecule has 9 heavy (non-hydrogen) atoms. The summed E-state index contributed by atoms with van der Waals surface area (Å²) < 4.78 is 12.5. The average molecular weight is 133 g/mol. The van der Waals surface area contributed by atoms with Crippen LogP contribution in [0.1, 0.15) is 6.42 Å². The van der Waals surface area contributed by atoms with Gasteiger partial charge in [0, 0.05) is 13.1 Å². The van der Waals surface area contributed by atoms with Crippen LogP contribution in [0.2, 0.25) is 0 Å². The summed E-state index contributed by atoms with van der Waals surface area (Å²) >= 11 is 0. The molecule has 1 aliphatic rings. The first kappa shape index (κ1) is 6.96. The quantitative estimate of drug-likeness (QED) is 0.503. The van der Waals surface area contributed by atoms with Crippen LogP contribution in [0.5, 0.6) is 0 Å². The van der Waals surface area contributed by atoms with Crippen molar-refractivity contribution < 1.29 is 9.50 Å². The molecule has 3 heteroatoms. The fourth-order valence-corrected chi connectivity index (χ4v) is 1.04. The maximum atomic E-state index is 12.5. The molecule has 2 unspecified atom stereocenters. The van der Waals surface area contributed by atoms with Gasteiger partial charge >= 0.3 is 0 Å². The van der Waals surface area contributed by atoms with Crippen molar-refractivity contribution in [2.24, 2.45) is 0 Å². The zero-order valence-corrected chi connectivity index (χ0v) is 5.55. The van der Waals surface area contributed by atoms with Crippen LogP contribution < -0.4 is 0 Å². The molecule has 0 aliphatic carbocycles. The molecule has 1 saturated heterocycles. The highest BCUT2D eigenvalue weighted by molar-refractivity contribution is 4.77. The van der Waals surface area contributed by atoms with Crippen LogP contribution in [0, 0.1) is 0 Å². The lowest BCUT2D eigenvalue weighted by molar-refractivity contribution is 0.0149. The van der Waals surface area contributed by atoms with Crippen LogP contribution in [-0.2, 0) is 0 Å². The Labute approximate surface area is 54.3 Å². The Morgan fingerprint density at radius 1 is 1.67 bits per heavy atom. The molecule has 2 atom stereocenters. The van der Waals surface area contributed by atoms with Crippen LogP contribution >= 0.6 is 0 Å². The third-order valence-electron chi connectivity index (χ3n) is 1.71. The number of hydrogen-bond acceptors (Lipinski definition) is 2. The van der Waals surface area contributed by atoms with Crippen molar-refractivity contribution in [2.75, 3.05) is 20.1 Å². The second kappa shape index (κ2) is 2.62. The summed E-state index contributed by atoms with van der Waals surface area (Å²) in [7, 11) is 1.86. The highest BCUT2D eigenvalue weighted by atomic mass is 19.1. The molecule has 1 heterocycles. The second-order valence-corrected chi connectivity index (χ2v) is 2.63. The standard InChI is InChI=1S/C6H12FNO/c1-8-3-2-6(9)5(7)4-8/h5-6,9H,2-4H2,1H3. The van der Waals surface area contributed by atoms with Gasteiger partial charge in [0.1, 0.15) is 6.17 Å². The molecule has 2 nitrogen and oxygen atoms in total. The predicted octanol–water partition coefficient (Wildman–Crippen LogP) is 0.0209. The lowest BCUT2D eigenvalue weighted by Crippen LogP contribution is -2.42. The highest BCUT2D eigenvalue weighted by Crippen LogP contribution is 2.11. The topological polar surface area (TPSA) is 23.5 Å². The number of likely N-dealkylation sites (tertiary alicyclic amines) is 1. The van der Waals surface area contributed by atoms with Crippen molar-refractivity contribution in [2.45, 2.75) is 18.7 Å². The third-order valence-corrected chi connectivity index (χ3v) is 1.71. The van der Waals surface area contributed by atoms with E-state index in [1.165, 1.54) is 0 Å². The van der Waals surface area contributed by atoms with Gasteiger partial charge in [0.25, 0.3) is 0 Å². The number of piperidine rings is 1. The van der Waals surface area contributed by atoms with Crippen molar-refractivity contribution in [3.8, 4) is 0 Å². The van der Waals surface area contributed by atoms with E-state index in [0.717, 1.165) is 6.54 Å². The number of hydrogen-bond donors (Lipinski definition) is 1. The summed E-state index contributed by atoms with van der Waals surface area (Å²) in [6.07, 6.45) is -1.19. The van der Waals surface area contributed by atoms with E-state index in [4.69, 9.17) is 5.11 Å². The fourth-order valence-electron chi connectivity index (χ4n) is 1.04. The smallest absolute Gasteiger partial charge is 0.138 e. The molecule has 0 spiro atoms. The Kier molecular flexibility index (Phi) is 2.03. The molecule has 0 aromatic rings. The van der Waals surface area contributed by atoms with E-state index in [1.807, 2.05) is 11.9 Å². The molecule has 0 bridgehead atoms. The molecule has 1 aliphatic heterocycles. The molecular formula is C6H12FNO. The Balaban J connectivity index is 2.35. The number of aliphatic hydroxyl groups is 1. The van der Waals surface area contributed by atoms with Gasteiger partial charge in [-0.25, -0.2) is 4.39 Å². The minimum Gasteiger partial charge on any atom is -0.390 e. The van der Waals surface area contributed by atoms with Gasteiger partial charge < -0.3 is 10.0 Å². The Bertz CT molecular complexity index is 99.1. The van der Waals surface area contributed by atoms with Gasteiger partial charge in [0.2, 0.25) is 0 Å². The van der Waals surface area contributed by atoms with Gasteiger partial charge in [-0.2, -0.15) is 0 Å². The molecule has 54 valence electrons. The van der Waals surface area contributed by atoms with Crippen LogP contribution in [0.25, 0.3) is 0 Å². The van der Waals surface area contributed by atoms with E-state index >= 15 is 0 Å². The monoisotopic (exact) mass is 133 g/mol. The minimum atomic E-state index is -1.04. The normalized spacial score (nSPS) is 39.0. The number of aliphatic hydroxyl groups excluding tert-OH is 1. The van der Waals surface area contributed by atoms with Crippen LogP contribution in [-0.4, -0.2) is 42.4 Å². The van der Waals surface area contributed by atoms with Crippen molar-refractivity contribution in [1.82, 2.24) is 4.90 Å². The van der Waals surface area contributed by atoms with E-state index in [0.29, 0.717) is 13.0 Å². The maximum Gasteiger partial charge on any atom is 0.138 e. The first-order valence-electron chi connectivity index (χ1n) is 3.21. The fraction of sp³-hybridized carbons (Fsp3) is 1.00. The summed E-state index contributed by atoms with van der Waals surface area (Å²) in [5.74, 6) is 0. The average Bonchev–Trinajstić information content (AvgIpc) is 1.80. The Hall–Kier alpha value is -0.150. The number of nitrogens with zero attached hydrogens (tertiary/aromatic N) is 1. The number of rotatable bonds is 0. The molecule has 0 aromatic carbocycles. The molecule has 1 fully saturated rings. The highest BCUT2D eigenvalue weighted by Gasteiger charge is 2.24. The van der Waals surface area contributed by atoms with E-state index in [2.05, 4.69) is 0 Å². The molecule has 1 N–H and O–H groups in total. The van der Waals surface area contributed by atoms with Crippen LogP contribution in [0.4, 0.5) is 4.39 Å². The number of alkyl halides is 1. The zero-order chi connectivity index (χ0) is 6.85. The van der Waals surface area contributed by atoms with Gasteiger partial charge in [0.15, 0.2) is 0 Å². The van der Waals surface area contributed by atoms with Crippen LogP contribution in [0.3, 0.4) is 0 Å². The van der Waals surface area contributed by atoms with Crippen molar-refractivity contribution in [1.29, 1.82) is 0 Å². The summed E-state index contributed by atoms with van der Waals surface area (Å²) in [6, 6.07) is 0. The predicted molar refractivity (Wildman–Crippen MR) is 33.0 cm³/mol. The Morgan fingerprint density at radius 3 is 2.78 bits per heavy atom. The summed E-state index contributed by atoms with van der Waals surface area (Å²) in [5, 5.41) is 8.89. The SMILES string of the molecule is CN1CCC(O)C(F)C1. The van der Waals surface area contributed by atoms with Gasteiger partial charge in [-0.05, 0) is 13.5 Å². The van der Waals surface area contributed by atoms with E-state index in [9.17, 15) is 4.39 Å². The van der Waals surface area contributed by atoms with E-state index < -0.39 is 12.3 Å². The molecule has 0 amide bonds. The molecule has 0 saturated carbocycles. The Morgan fingerprint density at radius 2 is 2.33 bits per heavy atom. The second-order valence-electron chi connectivity index (χ2n) is 2.63. The van der Waals surface area contributed by atoms with Crippen molar-refractivity contribution in [3.63, 3.8) is 0 Å². The first-order chi connectivity index (χ1) is 4.20.